The van der Waals surface area contributed by atoms with Crippen LogP contribution in [0.2, 0.25) is 0 Å². The molecule has 1 aliphatic rings. The zero-order valence-corrected chi connectivity index (χ0v) is 20.1. The third kappa shape index (κ3) is 5.07. The molecule has 4 rings (SSSR count). The summed E-state index contributed by atoms with van der Waals surface area (Å²) in [5.41, 5.74) is 4.56. The Bertz CT molecular complexity index is 1250. The van der Waals surface area contributed by atoms with Gasteiger partial charge in [0.05, 0.1) is 18.7 Å². The SMILES string of the molecule is [C-]#[N+]c1cc(-c2cc(-c3cccc4c3CC[C@@H]4NC(=O)OC(C)(C)C)no2)ccc1OC(C)C. The largest absolute Gasteiger partial charge is 0.502 e. The first-order chi connectivity index (χ1) is 16.1. The van der Waals surface area contributed by atoms with E-state index in [0.29, 0.717) is 17.2 Å². The van der Waals surface area contributed by atoms with E-state index in [4.69, 9.17) is 20.6 Å². The van der Waals surface area contributed by atoms with Gasteiger partial charge in [-0.15, -0.1) is 0 Å². The number of benzene rings is 2. The number of hydrogen-bond acceptors (Lipinski definition) is 5. The molecule has 0 bridgehead atoms. The van der Waals surface area contributed by atoms with Crippen LogP contribution in [0.15, 0.2) is 47.0 Å². The number of fused-ring (bicyclic) bond motifs is 1. The van der Waals surface area contributed by atoms with E-state index >= 15 is 0 Å². The first-order valence-corrected chi connectivity index (χ1v) is 11.4. The topological polar surface area (TPSA) is 78.0 Å². The van der Waals surface area contributed by atoms with Crippen molar-refractivity contribution < 1.29 is 18.8 Å². The molecule has 1 heterocycles. The Morgan fingerprint density at radius 2 is 2.03 bits per heavy atom. The van der Waals surface area contributed by atoms with Crippen LogP contribution < -0.4 is 10.1 Å². The maximum atomic E-state index is 12.3. The number of aromatic nitrogens is 1. The van der Waals surface area contributed by atoms with Crippen molar-refractivity contribution in [1.82, 2.24) is 10.5 Å². The van der Waals surface area contributed by atoms with Crippen LogP contribution in [-0.4, -0.2) is 23.0 Å². The number of ether oxygens (including phenoxy) is 2. The van der Waals surface area contributed by atoms with Gasteiger partial charge in [0.2, 0.25) is 5.69 Å². The molecule has 2 aromatic carbocycles. The van der Waals surface area contributed by atoms with Gasteiger partial charge in [-0.25, -0.2) is 9.64 Å². The fourth-order valence-electron chi connectivity index (χ4n) is 4.14. The molecule has 34 heavy (non-hydrogen) atoms. The zero-order chi connectivity index (χ0) is 24.5. The van der Waals surface area contributed by atoms with Gasteiger partial charge < -0.3 is 19.3 Å². The lowest BCUT2D eigenvalue weighted by Crippen LogP contribution is -2.34. The minimum atomic E-state index is -0.545. The monoisotopic (exact) mass is 459 g/mol. The standard InChI is InChI=1S/C27H29N3O4/c1-16(2)32-24-13-10-17(14-23(24)28-6)25-15-22(30-34-25)20-9-7-8-19-18(20)11-12-21(19)29-26(31)33-27(3,4)5/h7-10,13-16,21H,11-12H2,1-5H3,(H,29,31)/t21-/m0/s1. The number of alkyl carbamates (subject to hydrolysis) is 1. The smallest absolute Gasteiger partial charge is 0.408 e. The molecule has 1 atom stereocenters. The van der Waals surface area contributed by atoms with E-state index in [1.807, 2.05) is 65.0 Å². The van der Waals surface area contributed by atoms with E-state index < -0.39 is 11.7 Å². The molecular formula is C27H29N3O4. The van der Waals surface area contributed by atoms with Crippen molar-refractivity contribution in [3.63, 3.8) is 0 Å². The lowest BCUT2D eigenvalue weighted by atomic mass is 9.99. The van der Waals surface area contributed by atoms with Gasteiger partial charge in [0, 0.05) is 17.2 Å². The summed E-state index contributed by atoms with van der Waals surface area (Å²) < 4.78 is 16.8. The van der Waals surface area contributed by atoms with Gasteiger partial charge in [-0.2, -0.15) is 0 Å². The minimum Gasteiger partial charge on any atom is -0.502 e. The molecule has 0 spiro atoms. The Balaban J connectivity index is 1.58. The molecule has 1 amide bonds. The predicted molar refractivity (Wildman–Crippen MR) is 130 cm³/mol. The number of amides is 1. The highest BCUT2D eigenvalue weighted by molar-refractivity contribution is 5.75. The van der Waals surface area contributed by atoms with E-state index in [1.165, 1.54) is 0 Å². The third-order valence-corrected chi connectivity index (χ3v) is 5.47. The van der Waals surface area contributed by atoms with Crippen molar-refractivity contribution in [1.29, 1.82) is 0 Å². The second-order valence-corrected chi connectivity index (χ2v) is 9.65. The molecule has 7 heteroatoms. The quantitative estimate of drug-likeness (QED) is 0.422. The summed E-state index contributed by atoms with van der Waals surface area (Å²) in [5, 5.41) is 7.29. The summed E-state index contributed by atoms with van der Waals surface area (Å²) >= 11 is 0. The number of rotatable bonds is 5. The molecule has 0 fully saturated rings. The first kappa shape index (κ1) is 23.4. The van der Waals surface area contributed by atoms with Crippen molar-refractivity contribution in [3.05, 3.63) is 65.0 Å². The van der Waals surface area contributed by atoms with Crippen LogP contribution in [0.3, 0.4) is 0 Å². The van der Waals surface area contributed by atoms with Crippen LogP contribution >= 0.6 is 0 Å². The molecule has 1 aliphatic carbocycles. The Labute approximate surface area is 199 Å². The highest BCUT2D eigenvalue weighted by Gasteiger charge is 2.28. The molecular weight excluding hydrogens is 430 g/mol. The average molecular weight is 460 g/mol. The highest BCUT2D eigenvalue weighted by atomic mass is 16.6. The fourth-order valence-corrected chi connectivity index (χ4v) is 4.14. The summed E-state index contributed by atoms with van der Waals surface area (Å²) in [6.45, 7) is 16.9. The summed E-state index contributed by atoms with van der Waals surface area (Å²) in [5.74, 6) is 1.13. The maximum Gasteiger partial charge on any atom is 0.408 e. The Morgan fingerprint density at radius 1 is 1.24 bits per heavy atom. The van der Waals surface area contributed by atoms with E-state index in [0.717, 1.165) is 40.8 Å². The van der Waals surface area contributed by atoms with E-state index in [1.54, 1.807) is 12.1 Å². The Kier molecular flexibility index (Phi) is 6.34. The van der Waals surface area contributed by atoms with Crippen molar-refractivity contribution in [3.8, 4) is 28.3 Å². The van der Waals surface area contributed by atoms with E-state index in [-0.39, 0.29) is 12.1 Å². The number of carbonyl (C=O) groups is 1. The van der Waals surface area contributed by atoms with Gasteiger partial charge in [-0.05, 0) is 70.7 Å². The van der Waals surface area contributed by atoms with Gasteiger partial charge in [0.25, 0.3) is 0 Å². The molecule has 176 valence electrons. The molecule has 0 saturated carbocycles. The van der Waals surface area contributed by atoms with Gasteiger partial charge in [0.15, 0.2) is 5.76 Å². The van der Waals surface area contributed by atoms with Crippen LogP contribution in [0.5, 0.6) is 5.75 Å². The summed E-state index contributed by atoms with van der Waals surface area (Å²) in [7, 11) is 0. The molecule has 0 radical (unpaired) electrons. The van der Waals surface area contributed by atoms with Crippen LogP contribution in [0.1, 0.15) is 58.2 Å². The number of nitrogens with one attached hydrogen (secondary N) is 1. The van der Waals surface area contributed by atoms with E-state index in [2.05, 4.69) is 15.3 Å². The lowest BCUT2D eigenvalue weighted by molar-refractivity contribution is 0.0503. The summed E-state index contributed by atoms with van der Waals surface area (Å²) in [6.07, 6.45) is 1.18. The maximum absolute atomic E-state index is 12.3. The average Bonchev–Trinajstić information content (AvgIpc) is 3.40. The molecule has 7 nitrogen and oxygen atoms in total. The van der Waals surface area contributed by atoms with E-state index in [9.17, 15) is 4.79 Å². The Hall–Kier alpha value is -3.79. The van der Waals surface area contributed by atoms with Crippen LogP contribution in [0.4, 0.5) is 10.5 Å². The highest BCUT2D eigenvalue weighted by Crippen LogP contribution is 2.39. The fraction of sp³-hybridized carbons (Fsp3) is 0.370. The number of carbonyl (C=O) groups excluding carboxylic acids is 1. The van der Waals surface area contributed by atoms with Crippen LogP contribution in [0, 0.1) is 6.57 Å². The van der Waals surface area contributed by atoms with Gasteiger partial charge in [-0.3, -0.25) is 0 Å². The number of nitrogens with zero attached hydrogens (tertiary/aromatic N) is 2. The second-order valence-electron chi connectivity index (χ2n) is 9.65. The molecule has 0 saturated heterocycles. The number of hydrogen-bond donors (Lipinski definition) is 1. The minimum absolute atomic E-state index is 0.0166. The zero-order valence-electron chi connectivity index (χ0n) is 20.1. The molecule has 1 N–H and O–H groups in total. The molecule has 0 unspecified atom stereocenters. The van der Waals surface area contributed by atoms with Crippen molar-refractivity contribution in [2.75, 3.05) is 0 Å². The first-order valence-electron chi connectivity index (χ1n) is 11.4. The lowest BCUT2D eigenvalue weighted by Gasteiger charge is -2.22. The van der Waals surface area contributed by atoms with Crippen LogP contribution in [-0.2, 0) is 11.2 Å². The second kappa shape index (κ2) is 9.22. The van der Waals surface area contributed by atoms with Crippen LogP contribution in [0.25, 0.3) is 27.4 Å². The molecule has 1 aromatic heterocycles. The third-order valence-electron chi connectivity index (χ3n) is 5.47. The van der Waals surface area contributed by atoms with Gasteiger partial charge in [-0.1, -0.05) is 29.4 Å². The van der Waals surface area contributed by atoms with Gasteiger partial charge in [0.1, 0.15) is 17.0 Å². The predicted octanol–water partition coefficient (Wildman–Crippen LogP) is 6.86. The van der Waals surface area contributed by atoms with Crippen molar-refractivity contribution >= 4 is 11.8 Å². The van der Waals surface area contributed by atoms with Crippen molar-refractivity contribution in [2.24, 2.45) is 0 Å². The summed E-state index contributed by atoms with van der Waals surface area (Å²) in [6, 6.07) is 13.2. The normalized spacial score (nSPS) is 15.0. The van der Waals surface area contributed by atoms with Gasteiger partial charge >= 0.3 is 6.09 Å². The summed E-state index contributed by atoms with van der Waals surface area (Å²) in [4.78, 5) is 15.9. The molecule has 3 aromatic rings. The van der Waals surface area contributed by atoms with Crippen molar-refractivity contribution in [2.45, 2.75) is 65.2 Å². The Morgan fingerprint density at radius 3 is 2.74 bits per heavy atom. The molecule has 0 aliphatic heterocycles.